The first-order valence-corrected chi connectivity index (χ1v) is 9.60. The molecule has 1 aliphatic rings. The van der Waals surface area contributed by atoms with Crippen molar-refractivity contribution in [2.45, 2.75) is 32.7 Å². The monoisotopic (exact) mass is 356 g/mol. The molecule has 3 rings (SSSR count). The molecule has 0 radical (unpaired) electrons. The second kappa shape index (κ2) is 7.80. The second-order valence-corrected chi connectivity index (χ2v) is 8.01. The van der Waals surface area contributed by atoms with E-state index in [4.69, 9.17) is 0 Å². The van der Waals surface area contributed by atoms with E-state index in [2.05, 4.69) is 68.0 Å². The van der Waals surface area contributed by atoms with Gasteiger partial charge in [0.05, 0.1) is 0 Å². The first-order chi connectivity index (χ1) is 12.4. The molecule has 2 aromatic rings. The number of hydrogen-bond acceptors (Lipinski definition) is 3. The van der Waals surface area contributed by atoms with Gasteiger partial charge in [-0.15, -0.1) is 0 Å². The van der Waals surface area contributed by atoms with E-state index >= 15 is 0 Å². The first-order valence-electron chi connectivity index (χ1n) is 9.60. The number of likely N-dealkylation sites (tertiary alicyclic amines) is 1. The molecule has 0 spiro atoms. The summed E-state index contributed by atoms with van der Waals surface area (Å²) in [7, 11) is 6.38. The van der Waals surface area contributed by atoms with E-state index in [0.29, 0.717) is 6.04 Å². The Morgan fingerprint density at radius 2 is 2.00 bits per heavy atom. The number of likely N-dealkylation sites (N-methyl/N-ethyl adjacent to an activating group) is 2. The van der Waals surface area contributed by atoms with Crippen molar-refractivity contribution in [1.29, 1.82) is 0 Å². The maximum absolute atomic E-state index is 13.2. The largest absolute Gasteiger partial charge is 0.350 e. The van der Waals surface area contributed by atoms with Gasteiger partial charge in [0.1, 0.15) is 5.69 Å². The number of H-pyrrole nitrogens is 1. The number of nitrogens with zero attached hydrogens (tertiary/aromatic N) is 3. The highest BCUT2D eigenvalue weighted by Crippen LogP contribution is 2.25. The maximum Gasteiger partial charge on any atom is 0.270 e. The number of carbonyl (C=O) groups is 1. The number of nitrogens with one attached hydrogen (secondary N) is 1. The minimum atomic E-state index is 0.141. The van der Waals surface area contributed by atoms with Gasteiger partial charge in [0.15, 0.2) is 0 Å². The zero-order chi connectivity index (χ0) is 18.8. The fourth-order valence-corrected chi connectivity index (χ4v) is 3.85. The predicted molar refractivity (Wildman–Crippen MR) is 108 cm³/mol. The van der Waals surface area contributed by atoms with Gasteiger partial charge in [-0.1, -0.05) is 11.6 Å². The summed E-state index contributed by atoms with van der Waals surface area (Å²) in [6.45, 7) is 7.88. The normalized spacial score (nSPS) is 18.3. The third kappa shape index (κ3) is 3.94. The van der Waals surface area contributed by atoms with Crippen molar-refractivity contribution in [2.24, 2.45) is 0 Å². The SMILES string of the molecule is Cc1ccc2[nH]c(C(=O)N3CCC[C@H](N(C)CCN(C)C)C3)c(C)c2c1. The van der Waals surface area contributed by atoms with Crippen LogP contribution in [-0.4, -0.2) is 79.0 Å². The summed E-state index contributed by atoms with van der Waals surface area (Å²) in [5.41, 5.74) is 4.09. The molecule has 1 aliphatic heterocycles. The van der Waals surface area contributed by atoms with Crippen LogP contribution in [0.2, 0.25) is 0 Å². The maximum atomic E-state index is 13.2. The molecule has 5 heteroatoms. The molecule has 1 aromatic heterocycles. The third-order valence-electron chi connectivity index (χ3n) is 5.63. The number of benzene rings is 1. The van der Waals surface area contributed by atoms with E-state index in [1.807, 2.05) is 4.90 Å². The van der Waals surface area contributed by atoms with Gasteiger partial charge in [0.2, 0.25) is 0 Å². The van der Waals surface area contributed by atoms with Crippen molar-refractivity contribution in [3.63, 3.8) is 0 Å². The first kappa shape index (κ1) is 18.9. The zero-order valence-corrected chi connectivity index (χ0v) is 16.8. The number of carbonyl (C=O) groups excluding carboxylic acids is 1. The molecule has 0 unspecified atom stereocenters. The average Bonchev–Trinajstić information content (AvgIpc) is 2.95. The van der Waals surface area contributed by atoms with Crippen molar-refractivity contribution < 1.29 is 4.79 Å². The van der Waals surface area contributed by atoms with Crippen LogP contribution in [0.25, 0.3) is 10.9 Å². The van der Waals surface area contributed by atoms with Gasteiger partial charge in [0.25, 0.3) is 5.91 Å². The van der Waals surface area contributed by atoms with Gasteiger partial charge in [-0.2, -0.15) is 0 Å². The third-order valence-corrected chi connectivity index (χ3v) is 5.63. The highest BCUT2D eigenvalue weighted by molar-refractivity contribution is 6.01. The lowest BCUT2D eigenvalue weighted by molar-refractivity contribution is 0.0598. The Morgan fingerprint density at radius 3 is 2.73 bits per heavy atom. The van der Waals surface area contributed by atoms with Gasteiger partial charge in [-0.3, -0.25) is 4.79 Å². The summed E-state index contributed by atoms with van der Waals surface area (Å²) in [5.74, 6) is 0.141. The molecule has 5 nitrogen and oxygen atoms in total. The van der Waals surface area contributed by atoms with Crippen LogP contribution in [0, 0.1) is 13.8 Å². The number of aromatic nitrogens is 1. The quantitative estimate of drug-likeness (QED) is 0.896. The van der Waals surface area contributed by atoms with Gasteiger partial charge in [-0.25, -0.2) is 0 Å². The molecule has 1 amide bonds. The van der Waals surface area contributed by atoms with E-state index in [0.717, 1.165) is 54.8 Å². The zero-order valence-electron chi connectivity index (χ0n) is 16.8. The van der Waals surface area contributed by atoms with E-state index in [1.165, 1.54) is 12.0 Å². The van der Waals surface area contributed by atoms with Crippen molar-refractivity contribution >= 4 is 16.8 Å². The van der Waals surface area contributed by atoms with E-state index < -0.39 is 0 Å². The molecular weight excluding hydrogens is 324 g/mol. The van der Waals surface area contributed by atoms with Gasteiger partial charge >= 0.3 is 0 Å². The van der Waals surface area contributed by atoms with Crippen LogP contribution in [0.3, 0.4) is 0 Å². The number of piperidine rings is 1. The van der Waals surface area contributed by atoms with Crippen LogP contribution in [-0.2, 0) is 0 Å². The average molecular weight is 357 g/mol. The number of amides is 1. The molecule has 2 heterocycles. The minimum Gasteiger partial charge on any atom is -0.350 e. The molecule has 26 heavy (non-hydrogen) atoms. The minimum absolute atomic E-state index is 0.141. The Hall–Kier alpha value is -1.85. The van der Waals surface area contributed by atoms with Crippen LogP contribution in [0.15, 0.2) is 18.2 Å². The fourth-order valence-electron chi connectivity index (χ4n) is 3.85. The Bertz CT molecular complexity index is 780. The predicted octanol–water partition coefficient (Wildman–Crippen LogP) is 2.88. The van der Waals surface area contributed by atoms with Crippen molar-refractivity contribution in [3.05, 3.63) is 35.0 Å². The van der Waals surface area contributed by atoms with E-state index in [9.17, 15) is 4.79 Å². The summed E-state index contributed by atoms with van der Waals surface area (Å²) in [5, 5.41) is 1.16. The Morgan fingerprint density at radius 1 is 1.23 bits per heavy atom. The lowest BCUT2D eigenvalue weighted by Crippen LogP contribution is -2.49. The molecule has 0 aliphatic carbocycles. The Balaban J connectivity index is 1.74. The molecular formula is C21H32N4O. The molecule has 0 saturated carbocycles. The molecule has 1 fully saturated rings. The van der Waals surface area contributed by atoms with Crippen LogP contribution < -0.4 is 0 Å². The Kier molecular flexibility index (Phi) is 5.68. The summed E-state index contributed by atoms with van der Waals surface area (Å²) in [6.07, 6.45) is 2.24. The molecule has 142 valence electrons. The van der Waals surface area contributed by atoms with Crippen molar-refractivity contribution in [3.8, 4) is 0 Å². The standard InChI is InChI=1S/C21H32N4O/c1-15-8-9-19-18(13-15)16(2)20(22-19)21(26)25-10-6-7-17(14-25)24(5)12-11-23(3)4/h8-9,13,17,22H,6-7,10-12,14H2,1-5H3/t17-/m0/s1. The van der Waals surface area contributed by atoms with Gasteiger partial charge < -0.3 is 19.7 Å². The van der Waals surface area contributed by atoms with Crippen LogP contribution >= 0.6 is 0 Å². The molecule has 1 aromatic carbocycles. The number of fused-ring (bicyclic) bond motifs is 1. The van der Waals surface area contributed by atoms with Crippen molar-refractivity contribution in [1.82, 2.24) is 19.7 Å². The topological polar surface area (TPSA) is 42.6 Å². The van der Waals surface area contributed by atoms with Crippen LogP contribution in [0.4, 0.5) is 0 Å². The molecule has 1 saturated heterocycles. The summed E-state index contributed by atoms with van der Waals surface area (Å²) in [4.78, 5) is 23.2. The van der Waals surface area contributed by atoms with Crippen LogP contribution in [0.1, 0.15) is 34.5 Å². The van der Waals surface area contributed by atoms with E-state index in [-0.39, 0.29) is 5.91 Å². The molecule has 1 N–H and O–H groups in total. The van der Waals surface area contributed by atoms with Crippen molar-refractivity contribution in [2.75, 3.05) is 47.3 Å². The number of hydrogen-bond donors (Lipinski definition) is 1. The van der Waals surface area contributed by atoms with E-state index in [1.54, 1.807) is 0 Å². The number of aromatic amines is 1. The fraction of sp³-hybridized carbons (Fsp3) is 0.571. The number of aryl methyl sites for hydroxylation is 2. The Labute approximate surface area is 157 Å². The van der Waals surface area contributed by atoms with Crippen LogP contribution in [0.5, 0.6) is 0 Å². The number of rotatable bonds is 5. The van der Waals surface area contributed by atoms with Gasteiger partial charge in [-0.05, 0) is 65.5 Å². The van der Waals surface area contributed by atoms with Gasteiger partial charge in [0, 0.05) is 43.1 Å². The summed E-state index contributed by atoms with van der Waals surface area (Å²) in [6, 6.07) is 6.76. The highest BCUT2D eigenvalue weighted by Gasteiger charge is 2.28. The molecule has 0 bridgehead atoms. The summed E-state index contributed by atoms with van der Waals surface area (Å²) >= 11 is 0. The lowest BCUT2D eigenvalue weighted by atomic mass is 10.0. The highest BCUT2D eigenvalue weighted by atomic mass is 16.2. The smallest absolute Gasteiger partial charge is 0.270 e. The lowest BCUT2D eigenvalue weighted by Gasteiger charge is -2.38. The summed E-state index contributed by atoms with van der Waals surface area (Å²) < 4.78 is 0. The molecule has 1 atom stereocenters. The second-order valence-electron chi connectivity index (χ2n) is 8.01.